The summed E-state index contributed by atoms with van der Waals surface area (Å²) >= 11 is 17.3. The number of aromatic amines is 1. The molecule has 2 N–H and O–H groups in total. The second-order valence-corrected chi connectivity index (χ2v) is 6.75. The van der Waals surface area contributed by atoms with Crippen molar-refractivity contribution in [2.24, 2.45) is 0 Å². The Balaban J connectivity index is 1.76. The fourth-order valence-electron chi connectivity index (χ4n) is 2.35. The molecule has 1 aromatic heterocycles. The van der Waals surface area contributed by atoms with Crippen LogP contribution < -0.4 is 10.2 Å². The van der Waals surface area contributed by atoms with Crippen LogP contribution in [0.2, 0.25) is 10.0 Å². The van der Waals surface area contributed by atoms with Crippen molar-refractivity contribution >= 4 is 35.4 Å². The van der Waals surface area contributed by atoms with E-state index < -0.39 is 0 Å². The third-order valence-corrected chi connectivity index (χ3v) is 4.55. The molecule has 3 aromatic rings. The Hall–Kier alpha value is -2.09. The molecule has 3 rings (SSSR count). The van der Waals surface area contributed by atoms with Crippen molar-refractivity contribution in [1.82, 2.24) is 14.9 Å². The molecule has 9 heteroatoms. The maximum atomic E-state index is 13.2. The van der Waals surface area contributed by atoms with E-state index in [9.17, 15) is 4.39 Å². The van der Waals surface area contributed by atoms with Gasteiger partial charge >= 0.3 is 0 Å². The molecule has 0 unspecified atom stereocenters. The zero-order valence-electron chi connectivity index (χ0n) is 13.7. The Kier molecular flexibility index (Phi) is 5.80. The second-order valence-electron chi connectivity index (χ2n) is 5.52. The lowest BCUT2D eigenvalue weighted by Gasteiger charge is -2.14. The second kappa shape index (κ2) is 8.07. The first-order valence-electron chi connectivity index (χ1n) is 7.67. The Labute approximate surface area is 164 Å². The van der Waals surface area contributed by atoms with Gasteiger partial charge in [0, 0.05) is 16.1 Å². The van der Waals surface area contributed by atoms with Crippen molar-refractivity contribution in [3.8, 4) is 5.75 Å². The number of hydrogen-bond donors (Lipinski definition) is 2. The molecule has 0 aliphatic carbocycles. The number of H-pyrrole nitrogens is 1. The fraction of sp³-hybridized carbons (Fsp3) is 0.176. The van der Waals surface area contributed by atoms with Gasteiger partial charge in [-0.1, -0.05) is 29.3 Å². The summed E-state index contributed by atoms with van der Waals surface area (Å²) in [4.78, 5) is 0. The molecule has 136 valence electrons. The average Bonchev–Trinajstić information content (AvgIpc) is 2.91. The van der Waals surface area contributed by atoms with Crippen LogP contribution in [0.15, 0.2) is 36.4 Å². The molecule has 0 amide bonds. The lowest BCUT2D eigenvalue weighted by molar-refractivity contribution is 0.303. The van der Waals surface area contributed by atoms with E-state index in [1.165, 1.54) is 12.1 Å². The normalized spacial score (nSPS) is 10.8. The third kappa shape index (κ3) is 4.35. The highest BCUT2D eigenvalue weighted by atomic mass is 35.5. The smallest absolute Gasteiger partial charge is 0.214 e. The minimum absolute atomic E-state index is 0.206. The molecule has 2 aromatic carbocycles. The average molecular weight is 413 g/mol. The molecule has 26 heavy (non-hydrogen) atoms. The fourth-order valence-corrected chi connectivity index (χ4v) is 3.01. The molecule has 0 saturated heterocycles. The van der Waals surface area contributed by atoms with Crippen LogP contribution in [-0.2, 0) is 13.2 Å². The highest BCUT2D eigenvalue weighted by molar-refractivity contribution is 7.71. The highest BCUT2D eigenvalue weighted by Crippen LogP contribution is 2.25. The largest absolute Gasteiger partial charge is 0.488 e. The van der Waals surface area contributed by atoms with Crippen molar-refractivity contribution < 1.29 is 9.13 Å². The first-order valence-corrected chi connectivity index (χ1v) is 8.83. The van der Waals surface area contributed by atoms with Crippen molar-refractivity contribution in [2.75, 3.05) is 5.43 Å². The van der Waals surface area contributed by atoms with Crippen LogP contribution in [0.25, 0.3) is 0 Å². The van der Waals surface area contributed by atoms with Gasteiger partial charge in [-0.05, 0) is 49.5 Å². The van der Waals surface area contributed by atoms with Gasteiger partial charge in [0.2, 0.25) is 4.77 Å². The van der Waals surface area contributed by atoms with E-state index in [2.05, 4.69) is 15.6 Å². The van der Waals surface area contributed by atoms with Gasteiger partial charge in [-0.2, -0.15) is 5.10 Å². The van der Waals surface area contributed by atoms with E-state index in [4.69, 9.17) is 40.2 Å². The summed E-state index contributed by atoms with van der Waals surface area (Å²) in [5, 5.41) is 7.65. The zero-order chi connectivity index (χ0) is 18.7. The van der Waals surface area contributed by atoms with Gasteiger partial charge in [0.1, 0.15) is 24.0 Å². The molecule has 0 bridgehead atoms. The molecule has 0 radical (unpaired) electrons. The summed E-state index contributed by atoms with van der Waals surface area (Å²) in [6.07, 6.45) is 0. The summed E-state index contributed by atoms with van der Waals surface area (Å²) in [6.45, 7) is 2.45. The summed E-state index contributed by atoms with van der Waals surface area (Å²) in [5.41, 5.74) is 4.69. The number of aromatic nitrogens is 3. The van der Waals surface area contributed by atoms with Crippen LogP contribution in [0.4, 0.5) is 4.39 Å². The van der Waals surface area contributed by atoms with Crippen molar-refractivity contribution in [1.29, 1.82) is 0 Å². The number of nitrogens with zero attached hydrogens (tertiary/aromatic N) is 2. The molecular formula is C17H15Cl2FN4OS. The topological polar surface area (TPSA) is 54.9 Å². The predicted octanol–water partition coefficient (Wildman–Crippen LogP) is 5.02. The molecule has 1 heterocycles. The molecule has 0 aliphatic heterocycles. The number of halogens is 3. The number of hydrogen-bond acceptors (Lipinski definition) is 4. The summed E-state index contributed by atoms with van der Waals surface area (Å²) < 4.78 is 21.1. The van der Waals surface area contributed by atoms with Crippen molar-refractivity contribution in [3.63, 3.8) is 0 Å². The third-order valence-electron chi connectivity index (χ3n) is 3.69. The molecule has 0 atom stereocenters. The van der Waals surface area contributed by atoms with Crippen LogP contribution >= 0.6 is 35.4 Å². The van der Waals surface area contributed by atoms with E-state index in [0.29, 0.717) is 38.5 Å². The Morgan fingerprint density at radius 2 is 2.04 bits per heavy atom. The van der Waals surface area contributed by atoms with Gasteiger partial charge in [0.25, 0.3) is 0 Å². The molecular weight excluding hydrogens is 398 g/mol. The number of benzene rings is 2. The number of rotatable bonds is 6. The lowest BCUT2D eigenvalue weighted by Crippen LogP contribution is -2.16. The lowest BCUT2D eigenvalue weighted by atomic mass is 10.2. The first kappa shape index (κ1) is 18.7. The van der Waals surface area contributed by atoms with Gasteiger partial charge < -0.3 is 10.2 Å². The SMILES string of the molecule is Cc1n[nH]c(=S)n1NCc1cc(Cl)ccc1OCc1ccc(F)cc1Cl. The minimum atomic E-state index is -0.387. The minimum Gasteiger partial charge on any atom is -0.488 e. The maximum absolute atomic E-state index is 13.2. The van der Waals surface area contributed by atoms with E-state index in [1.807, 2.05) is 6.92 Å². The Morgan fingerprint density at radius 3 is 2.73 bits per heavy atom. The molecule has 0 spiro atoms. The van der Waals surface area contributed by atoms with Crippen LogP contribution in [0.3, 0.4) is 0 Å². The maximum Gasteiger partial charge on any atom is 0.214 e. The molecule has 0 fully saturated rings. The van der Waals surface area contributed by atoms with Gasteiger partial charge in [-0.3, -0.25) is 5.10 Å². The predicted molar refractivity (Wildman–Crippen MR) is 102 cm³/mol. The monoisotopic (exact) mass is 412 g/mol. The van der Waals surface area contributed by atoms with E-state index in [1.54, 1.807) is 28.9 Å². The summed E-state index contributed by atoms with van der Waals surface area (Å²) in [6, 6.07) is 9.51. The quantitative estimate of drug-likeness (QED) is 0.558. The van der Waals surface area contributed by atoms with E-state index in [0.717, 1.165) is 5.56 Å². The van der Waals surface area contributed by atoms with Crippen LogP contribution in [0.1, 0.15) is 17.0 Å². The van der Waals surface area contributed by atoms with Gasteiger partial charge in [0.15, 0.2) is 0 Å². The molecule has 0 saturated carbocycles. The molecule has 0 aliphatic rings. The first-order chi connectivity index (χ1) is 12.4. The van der Waals surface area contributed by atoms with E-state index >= 15 is 0 Å². The summed E-state index contributed by atoms with van der Waals surface area (Å²) in [5.74, 6) is 0.954. The highest BCUT2D eigenvalue weighted by Gasteiger charge is 2.09. The van der Waals surface area contributed by atoms with Crippen molar-refractivity contribution in [3.05, 3.63) is 74.0 Å². The van der Waals surface area contributed by atoms with Gasteiger partial charge in [-0.15, -0.1) is 0 Å². The van der Waals surface area contributed by atoms with Crippen LogP contribution in [-0.4, -0.2) is 14.9 Å². The van der Waals surface area contributed by atoms with Crippen LogP contribution in [0, 0.1) is 17.5 Å². The van der Waals surface area contributed by atoms with Gasteiger partial charge in [-0.25, -0.2) is 9.07 Å². The zero-order valence-corrected chi connectivity index (χ0v) is 16.1. The standard InChI is InChI=1S/C17H15Cl2FN4OS/c1-10-22-23-17(26)24(10)21-8-12-6-13(18)3-5-16(12)25-9-11-2-4-14(20)7-15(11)19/h2-7,21H,8-9H2,1H3,(H,23,26). The number of aryl methyl sites for hydroxylation is 1. The van der Waals surface area contributed by atoms with Gasteiger partial charge in [0.05, 0.1) is 11.6 Å². The van der Waals surface area contributed by atoms with Crippen LogP contribution in [0.5, 0.6) is 5.75 Å². The van der Waals surface area contributed by atoms with E-state index in [-0.39, 0.29) is 12.4 Å². The number of nitrogens with one attached hydrogen (secondary N) is 2. The summed E-state index contributed by atoms with van der Waals surface area (Å²) in [7, 11) is 0. The van der Waals surface area contributed by atoms with Crippen molar-refractivity contribution in [2.45, 2.75) is 20.1 Å². The Bertz CT molecular complexity index is 989. The Morgan fingerprint density at radius 1 is 1.23 bits per heavy atom. The number of ether oxygens (including phenoxy) is 1. The molecule has 5 nitrogen and oxygen atoms in total.